The number of amides is 1. The van der Waals surface area contributed by atoms with Gasteiger partial charge in [-0.25, -0.2) is 4.98 Å². The molecule has 2 rings (SSSR count). The second-order valence-electron chi connectivity index (χ2n) is 3.76. The van der Waals surface area contributed by atoms with Gasteiger partial charge in [-0.05, 0) is 25.1 Å². The Morgan fingerprint density at radius 1 is 1.42 bits per heavy atom. The minimum absolute atomic E-state index is 0.117. The van der Waals surface area contributed by atoms with Crippen LogP contribution in [0.3, 0.4) is 0 Å². The normalized spacial score (nSPS) is 10.2. The highest BCUT2D eigenvalue weighted by atomic mass is 32.2. The molecule has 1 amide bonds. The molecule has 0 aliphatic rings. The molecule has 0 unspecified atom stereocenters. The van der Waals surface area contributed by atoms with Crippen LogP contribution in [-0.4, -0.2) is 22.4 Å². The van der Waals surface area contributed by atoms with Gasteiger partial charge in [0, 0.05) is 29.5 Å². The van der Waals surface area contributed by atoms with Crippen LogP contribution in [0.2, 0.25) is 0 Å². The van der Waals surface area contributed by atoms with Gasteiger partial charge in [0.1, 0.15) is 5.03 Å². The average Bonchev–Trinajstić information content (AvgIpc) is 2.40. The van der Waals surface area contributed by atoms with E-state index in [-0.39, 0.29) is 5.91 Å². The highest BCUT2D eigenvalue weighted by Crippen LogP contribution is 2.30. The van der Waals surface area contributed by atoms with Gasteiger partial charge in [0.2, 0.25) is 0 Å². The molecule has 98 valence electrons. The molecule has 19 heavy (non-hydrogen) atoms. The lowest BCUT2D eigenvalue weighted by atomic mass is 10.2. The van der Waals surface area contributed by atoms with Gasteiger partial charge in [-0.1, -0.05) is 11.8 Å². The van der Waals surface area contributed by atoms with Gasteiger partial charge >= 0.3 is 0 Å². The lowest BCUT2D eigenvalue weighted by molar-refractivity contribution is 0.0953. The number of hydrogen-bond acceptors (Lipinski definition) is 5. The van der Waals surface area contributed by atoms with E-state index in [1.54, 1.807) is 36.8 Å². The number of nitrogens with zero attached hydrogens (tertiary/aromatic N) is 2. The predicted molar refractivity (Wildman–Crippen MR) is 75.0 cm³/mol. The molecule has 0 atom stereocenters. The Hall–Kier alpha value is -2.08. The Balaban J connectivity index is 2.32. The highest BCUT2D eigenvalue weighted by molar-refractivity contribution is 7.99. The smallest absolute Gasteiger partial charge is 0.252 e. The summed E-state index contributed by atoms with van der Waals surface area (Å²) in [6.45, 7) is 2.46. The van der Waals surface area contributed by atoms with Crippen molar-refractivity contribution in [3.8, 4) is 0 Å². The summed E-state index contributed by atoms with van der Waals surface area (Å²) in [5, 5.41) is 3.50. The summed E-state index contributed by atoms with van der Waals surface area (Å²) in [5.74, 6) is -0.117. The number of nitrogen functional groups attached to an aromatic ring is 1. The van der Waals surface area contributed by atoms with Crippen molar-refractivity contribution in [1.82, 2.24) is 15.3 Å². The van der Waals surface area contributed by atoms with Crippen molar-refractivity contribution < 1.29 is 4.79 Å². The minimum atomic E-state index is -0.117. The van der Waals surface area contributed by atoms with E-state index in [4.69, 9.17) is 5.73 Å². The van der Waals surface area contributed by atoms with Crippen LogP contribution in [0.15, 0.2) is 46.7 Å². The van der Waals surface area contributed by atoms with Crippen molar-refractivity contribution in [3.63, 3.8) is 0 Å². The molecule has 0 aliphatic heterocycles. The monoisotopic (exact) mass is 274 g/mol. The minimum Gasteiger partial charge on any atom is -0.399 e. The lowest BCUT2D eigenvalue weighted by Gasteiger charge is -2.09. The molecular weight excluding hydrogens is 260 g/mol. The fourth-order valence-electron chi connectivity index (χ4n) is 1.52. The van der Waals surface area contributed by atoms with Crippen molar-refractivity contribution in [2.45, 2.75) is 16.8 Å². The maximum absolute atomic E-state index is 12.0. The fraction of sp³-hybridized carbons (Fsp3) is 0.154. The number of carbonyl (C=O) groups is 1. The Morgan fingerprint density at radius 3 is 2.95 bits per heavy atom. The molecular formula is C13H14N4OS. The SMILES string of the molecule is CCNC(=O)c1ccc(N)cc1Sc1cnccn1. The highest BCUT2D eigenvalue weighted by Gasteiger charge is 2.12. The summed E-state index contributed by atoms with van der Waals surface area (Å²) in [7, 11) is 0. The Labute approximate surface area is 115 Å². The molecule has 1 aromatic heterocycles. The van der Waals surface area contributed by atoms with E-state index in [0.29, 0.717) is 17.8 Å². The Kier molecular flexibility index (Phi) is 4.35. The second-order valence-corrected chi connectivity index (χ2v) is 4.82. The number of anilines is 1. The van der Waals surface area contributed by atoms with E-state index in [2.05, 4.69) is 15.3 Å². The molecule has 0 saturated carbocycles. The number of aromatic nitrogens is 2. The third kappa shape index (κ3) is 3.45. The molecule has 6 heteroatoms. The number of hydrogen-bond donors (Lipinski definition) is 2. The van der Waals surface area contributed by atoms with Crippen LogP contribution >= 0.6 is 11.8 Å². The van der Waals surface area contributed by atoms with Crippen LogP contribution in [0.25, 0.3) is 0 Å². The molecule has 5 nitrogen and oxygen atoms in total. The summed E-state index contributed by atoms with van der Waals surface area (Å²) in [6.07, 6.45) is 4.86. The van der Waals surface area contributed by atoms with Crippen LogP contribution in [0.5, 0.6) is 0 Å². The van der Waals surface area contributed by atoms with E-state index < -0.39 is 0 Å². The predicted octanol–water partition coefficient (Wildman–Crippen LogP) is 1.96. The quantitative estimate of drug-likeness (QED) is 0.833. The third-order valence-corrected chi connectivity index (χ3v) is 3.32. The van der Waals surface area contributed by atoms with Crippen molar-refractivity contribution in [1.29, 1.82) is 0 Å². The Morgan fingerprint density at radius 2 is 2.26 bits per heavy atom. The van der Waals surface area contributed by atoms with Crippen LogP contribution in [-0.2, 0) is 0 Å². The molecule has 0 aliphatic carbocycles. The van der Waals surface area contributed by atoms with Crippen LogP contribution in [0, 0.1) is 0 Å². The van der Waals surface area contributed by atoms with Crippen LogP contribution < -0.4 is 11.1 Å². The molecule has 1 aromatic carbocycles. The number of nitrogens with one attached hydrogen (secondary N) is 1. The summed E-state index contributed by atoms with van der Waals surface area (Å²) in [5.41, 5.74) is 6.97. The first-order valence-electron chi connectivity index (χ1n) is 5.82. The summed E-state index contributed by atoms with van der Waals surface area (Å²) >= 11 is 1.37. The van der Waals surface area contributed by atoms with Crippen LogP contribution in [0.4, 0.5) is 5.69 Å². The van der Waals surface area contributed by atoms with Gasteiger partial charge in [-0.2, -0.15) is 0 Å². The summed E-state index contributed by atoms with van der Waals surface area (Å²) in [6, 6.07) is 5.20. The Bertz CT molecular complexity index is 574. The van der Waals surface area contributed by atoms with Crippen molar-refractivity contribution >= 4 is 23.4 Å². The van der Waals surface area contributed by atoms with Crippen molar-refractivity contribution in [2.24, 2.45) is 0 Å². The largest absolute Gasteiger partial charge is 0.399 e. The standard InChI is InChI=1S/C13H14N4OS/c1-2-16-13(18)10-4-3-9(14)7-11(10)19-12-8-15-5-6-17-12/h3-8H,2,14H2,1H3,(H,16,18). The summed E-state index contributed by atoms with van der Waals surface area (Å²) < 4.78 is 0. The van der Waals surface area contributed by atoms with Gasteiger partial charge in [-0.15, -0.1) is 0 Å². The van der Waals surface area contributed by atoms with E-state index in [1.807, 2.05) is 6.92 Å². The summed E-state index contributed by atoms with van der Waals surface area (Å²) in [4.78, 5) is 20.9. The number of rotatable bonds is 4. The maximum Gasteiger partial charge on any atom is 0.252 e. The molecule has 0 spiro atoms. The van der Waals surface area contributed by atoms with Gasteiger partial charge in [0.05, 0.1) is 11.8 Å². The fourth-order valence-corrected chi connectivity index (χ4v) is 2.44. The topological polar surface area (TPSA) is 80.9 Å². The molecule has 0 radical (unpaired) electrons. The first kappa shape index (κ1) is 13.4. The third-order valence-electron chi connectivity index (χ3n) is 2.34. The van der Waals surface area contributed by atoms with E-state index in [1.165, 1.54) is 11.8 Å². The zero-order chi connectivity index (χ0) is 13.7. The zero-order valence-electron chi connectivity index (χ0n) is 10.5. The number of nitrogens with two attached hydrogens (primary N) is 1. The van der Waals surface area contributed by atoms with Gasteiger partial charge < -0.3 is 11.1 Å². The maximum atomic E-state index is 12.0. The van der Waals surface area contributed by atoms with Crippen molar-refractivity contribution in [2.75, 3.05) is 12.3 Å². The first-order chi connectivity index (χ1) is 9.20. The molecule has 1 heterocycles. The van der Waals surface area contributed by atoms with E-state index in [9.17, 15) is 4.79 Å². The molecule has 3 N–H and O–H groups in total. The van der Waals surface area contributed by atoms with E-state index >= 15 is 0 Å². The van der Waals surface area contributed by atoms with E-state index in [0.717, 1.165) is 9.92 Å². The van der Waals surface area contributed by atoms with Gasteiger partial charge in [0.15, 0.2) is 0 Å². The molecule has 0 saturated heterocycles. The van der Waals surface area contributed by atoms with Gasteiger partial charge in [0.25, 0.3) is 5.91 Å². The molecule has 2 aromatic rings. The molecule has 0 fully saturated rings. The number of carbonyl (C=O) groups excluding carboxylic acids is 1. The average molecular weight is 274 g/mol. The van der Waals surface area contributed by atoms with Gasteiger partial charge in [-0.3, -0.25) is 9.78 Å². The first-order valence-corrected chi connectivity index (χ1v) is 6.64. The number of benzene rings is 1. The molecule has 0 bridgehead atoms. The van der Waals surface area contributed by atoms with Crippen LogP contribution in [0.1, 0.15) is 17.3 Å². The van der Waals surface area contributed by atoms with Crippen molar-refractivity contribution in [3.05, 3.63) is 42.4 Å². The second kappa shape index (κ2) is 6.19. The lowest BCUT2D eigenvalue weighted by Crippen LogP contribution is -2.23. The zero-order valence-corrected chi connectivity index (χ0v) is 11.3.